The molecule has 1 atom stereocenters. The van der Waals surface area contributed by atoms with Gasteiger partial charge in [-0.1, -0.05) is 23.9 Å². The second kappa shape index (κ2) is 5.05. The van der Waals surface area contributed by atoms with Gasteiger partial charge in [-0.05, 0) is 36.1 Å². The van der Waals surface area contributed by atoms with Crippen molar-refractivity contribution in [2.24, 2.45) is 4.99 Å². The third-order valence-electron chi connectivity index (χ3n) is 3.13. The van der Waals surface area contributed by atoms with Gasteiger partial charge in [0.2, 0.25) is 0 Å². The van der Waals surface area contributed by atoms with Crippen LogP contribution >= 0.6 is 11.8 Å². The molecular formula is C15H15N3S. The van der Waals surface area contributed by atoms with Gasteiger partial charge in [-0.15, -0.1) is 0 Å². The molecule has 0 amide bonds. The minimum absolute atomic E-state index is 0.261. The van der Waals surface area contributed by atoms with Crippen molar-refractivity contribution in [1.82, 2.24) is 4.98 Å². The summed E-state index contributed by atoms with van der Waals surface area (Å²) in [4.78, 5) is 9.93. The lowest BCUT2D eigenvalue weighted by atomic mass is 10.1. The first-order valence-electron chi connectivity index (χ1n) is 6.24. The summed E-state index contributed by atoms with van der Waals surface area (Å²) in [6.45, 7) is 2.10. The highest BCUT2D eigenvalue weighted by molar-refractivity contribution is 8.20. The standard InChI is InChI=1S/C15H15N3S/c1-10-5-14(19-9-18-10)11-3-4-12-8-17-15(16-2)7-13(12)6-11/h3-10H,1-2H3,(H,16,17)/t10-/m1/s1. The zero-order valence-corrected chi connectivity index (χ0v) is 11.7. The Labute approximate surface area is 116 Å². The van der Waals surface area contributed by atoms with E-state index in [1.54, 1.807) is 11.8 Å². The number of benzene rings is 1. The van der Waals surface area contributed by atoms with E-state index in [4.69, 9.17) is 0 Å². The van der Waals surface area contributed by atoms with E-state index in [1.807, 2.05) is 18.8 Å². The molecule has 0 unspecified atom stereocenters. The highest BCUT2D eigenvalue weighted by atomic mass is 32.2. The Morgan fingerprint density at radius 2 is 2.11 bits per heavy atom. The van der Waals surface area contributed by atoms with Crippen molar-refractivity contribution in [2.75, 3.05) is 12.4 Å². The predicted octanol–water partition coefficient (Wildman–Crippen LogP) is 3.78. The molecule has 1 aromatic heterocycles. The Hall–Kier alpha value is -1.81. The fraction of sp³-hybridized carbons (Fsp3) is 0.200. The van der Waals surface area contributed by atoms with E-state index in [-0.39, 0.29) is 6.04 Å². The lowest BCUT2D eigenvalue weighted by molar-refractivity contribution is 0.938. The maximum Gasteiger partial charge on any atom is 0.126 e. The van der Waals surface area contributed by atoms with Gasteiger partial charge in [-0.3, -0.25) is 4.99 Å². The van der Waals surface area contributed by atoms with Gasteiger partial charge in [0.05, 0.1) is 11.6 Å². The monoisotopic (exact) mass is 269 g/mol. The summed E-state index contributed by atoms with van der Waals surface area (Å²) in [5, 5.41) is 5.43. The third kappa shape index (κ3) is 2.49. The molecule has 0 fully saturated rings. The number of anilines is 1. The zero-order chi connectivity index (χ0) is 13.2. The molecule has 0 aliphatic carbocycles. The summed E-state index contributed by atoms with van der Waals surface area (Å²) < 4.78 is 0. The van der Waals surface area contributed by atoms with E-state index >= 15 is 0 Å². The van der Waals surface area contributed by atoms with Crippen LogP contribution in [0.3, 0.4) is 0 Å². The normalized spacial score (nSPS) is 18.4. The Kier molecular flexibility index (Phi) is 3.25. The van der Waals surface area contributed by atoms with Crippen molar-refractivity contribution in [3.8, 4) is 0 Å². The van der Waals surface area contributed by atoms with Crippen LogP contribution in [0, 0.1) is 0 Å². The van der Waals surface area contributed by atoms with E-state index in [1.165, 1.54) is 15.9 Å². The maximum absolute atomic E-state index is 4.34. The molecule has 1 aliphatic rings. The van der Waals surface area contributed by atoms with Crippen molar-refractivity contribution >= 4 is 38.8 Å². The van der Waals surface area contributed by atoms with Crippen LogP contribution in [-0.4, -0.2) is 23.6 Å². The van der Waals surface area contributed by atoms with Crippen LogP contribution in [-0.2, 0) is 0 Å². The highest BCUT2D eigenvalue weighted by Gasteiger charge is 2.09. The van der Waals surface area contributed by atoms with Crippen LogP contribution in [0.2, 0.25) is 0 Å². The molecule has 3 nitrogen and oxygen atoms in total. The van der Waals surface area contributed by atoms with Crippen LogP contribution in [0.4, 0.5) is 5.82 Å². The number of fused-ring (bicyclic) bond motifs is 1. The number of aliphatic imine (C=N–C) groups is 1. The molecule has 1 N–H and O–H groups in total. The van der Waals surface area contributed by atoms with Gasteiger partial charge in [0.25, 0.3) is 0 Å². The van der Waals surface area contributed by atoms with Gasteiger partial charge in [0.15, 0.2) is 0 Å². The quantitative estimate of drug-likeness (QED) is 0.901. The molecule has 1 aromatic carbocycles. The first kappa shape index (κ1) is 12.2. The average Bonchev–Trinajstić information content (AvgIpc) is 2.46. The van der Waals surface area contributed by atoms with Crippen LogP contribution in [0.1, 0.15) is 12.5 Å². The average molecular weight is 269 g/mol. The maximum atomic E-state index is 4.34. The topological polar surface area (TPSA) is 37.3 Å². The number of nitrogens with zero attached hydrogens (tertiary/aromatic N) is 2. The number of thioether (sulfide) groups is 1. The van der Waals surface area contributed by atoms with Gasteiger partial charge in [0.1, 0.15) is 5.82 Å². The summed E-state index contributed by atoms with van der Waals surface area (Å²) >= 11 is 1.68. The van der Waals surface area contributed by atoms with Gasteiger partial charge in [-0.2, -0.15) is 0 Å². The molecule has 3 rings (SSSR count). The van der Waals surface area contributed by atoms with Crippen LogP contribution < -0.4 is 5.32 Å². The van der Waals surface area contributed by atoms with E-state index in [9.17, 15) is 0 Å². The molecule has 0 radical (unpaired) electrons. The Morgan fingerprint density at radius 3 is 2.89 bits per heavy atom. The first-order chi connectivity index (χ1) is 9.26. The van der Waals surface area contributed by atoms with E-state index < -0.39 is 0 Å². The predicted molar refractivity (Wildman–Crippen MR) is 84.8 cm³/mol. The Morgan fingerprint density at radius 1 is 1.21 bits per heavy atom. The van der Waals surface area contributed by atoms with Crippen LogP contribution in [0.5, 0.6) is 0 Å². The minimum atomic E-state index is 0.261. The zero-order valence-electron chi connectivity index (χ0n) is 10.9. The number of aromatic nitrogens is 1. The smallest absolute Gasteiger partial charge is 0.126 e. The number of pyridine rings is 1. The molecule has 2 heterocycles. The van der Waals surface area contributed by atoms with Gasteiger partial charge in [0, 0.05) is 23.5 Å². The molecular weight excluding hydrogens is 254 g/mol. The number of hydrogen-bond donors (Lipinski definition) is 1. The number of hydrogen-bond acceptors (Lipinski definition) is 4. The summed E-state index contributed by atoms with van der Waals surface area (Å²) in [5.74, 6) is 0.893. The van der Waals surface area contributed by atoms with Crippen molar-refractivity contribution in [3.05, 3.63) is 42.1 Å². The lowest BCUT2D eigenvalue weighted by Gasteiger charge is -2.12. The number of nitrogens with one attached hydrogen (secondary N) is 1. The molecule has 4 heteroatoms. The molecule has 19 heavy (non-hydrogen) atoms. The molecule has 2 aromatic rings. The molecule has 0 bridgehead atoms. The Bertz CT molecular complexity index is 676. The van der Waals surface area contributed by atoms with Crippen LogP contribution in [0.15, 0.2) is 41.5 Å². The summed E-state index contributed by atoms with van der Waals surface area (Å²) in [6.07, 6.45) is 4.10. The van der Waals surface area contributed by atoms with Crippen molar-refractivity contribution in [3.63, 3.8) is 0 Å². The van der Waals surface area contributed by atoms with Crippen molar-refractivity contribution < 1.29 is 0 Å². The molecule has 1 aliphatic heterocycles. The largest absolute Gasteiger partial charge is 0.373 e. The Balaban J connectivity index is 2.05. The SMILES string of the molecule is CNc1cc2cc(C3=C[C@@H](C)N=CS3)ccc2cn1. The lowest BCUT2D eigenvalue weighted by Crippen LogP contribution is -1.98. The highest BCUT2D eigenvalue weighted by Crippen LogP contribution is 2.31. The van der Waals surface area contributed by atoms with Gasteiger partial charge in [-0.25, -0.2) is 4.98 Å². The minimum Gasteiger partial charge on any atom is -0.373 e. The van der Waals surface area contributed by atoms with E-state index in [0.717, 1.165) is 11.2 Å². The fourth-order valence-corrected chi connectivity index (χ4v) is 2.98. The molecule has 0 saturated heterocycles. The van der Waals surface area contributed by atoms with Gasteiger partial charge < -0.3 is 5.32 Å². The van der Waals surface area contributed by atoms with Crippen molar-refractivity contribution in [1.29, 1.82) is 0 Å². The van der Waals surface area contributed by atoms with E-state index in [0.29, 0.717) is 0 Å². The van der Waals surface area contributed by atoms with Crippen LogP contribution in [0.25, 0.3) is 15.7 Å². The summed E-state index contributed by atoms with van der Waals surface area (Å²) in [6, 6.07) is 8.81. The number of rotatable bonds is 2. The molecule has 0 spiro atoms. The third-order valence-corrected chi connectivity index (χ3v) is 3.98. The molecule has 0 saturated carbocycles. The second-order valence-electron chi connectivity index (χ2n) is 4.53. The van der Waals surface area contributed by atoms with Gasteiger partial charge >= 0.3 is 0 Å². The van der Waals surface area contributed by atoms with E-state index in [2.05, 4.69) is 52.6 Å². The summed E-state index contributed by atoms with van der Waals surface area (Å²) in [5.41, 5.74) is 3.17. The first-order valence-corrected chi connectivity index (χ1v) is 7.12. The summed E-state index contributed by atoms with van der Waals surface area (Å²) in [7, 11) is 1.88. The molecule has 96 valence electrons. The second-order valence-corrected chi connectivity index (χ2v) is 5.41. The van der Waals surface area contributed by atoms with Crippen molar-refractivity contribution in [2.45, 2.75) is 13.0 Å². The fourth-order valence-electron chi connectivity index (χ4n) is 2.08.